The largest absolute Gasteiger partial charge is 0.352 e. The minimum Gasteiger partial charge on any atom is -0.352 e. The van der Waals surface area contributed by atoms with Crippen LogP contribution in [0.25, 0.3) is 0 Å². The molecule has 1 aromatic heterocycles. The molecule has 0 fully saturated rings. The molecule has 112 valence electrons. The zero-order valence-electron chi connectivity index (χ0n) is 13.1. The van der Waals surface area contributed by atoms with Gasteiger partial charge in [-0.25, -0.2) is 0 Å². The molecule has 0 amide bonds. The molecule has 0 saturated carbocycles. The van der Waals surface area contributed by atoms with Crippen LogP contribution in [-0.2, 0) is 20.1 Å². The minimum atomic E-state index is 0.697. The first-order valence-electron chi connectivity index (χ1n) is 7.07. The molecule has 0 saturated heterocycles. The van der Waals surface area contributed by atoms with Crippen molar-refractivity contribution in [2.75, 3.05) is 7.05 Å². The highest BCUT2D eigenvalue weighted by atomic mass is 15.3. The van der Waals surface area contributed by atoms with E-state index in [-0.39, 0.29) is 0 Å². The van der Waals surface area contributed by atoms with Crippen LogP contribution in [0, 0.1) is 13.8 Å². The molecule has 1 heterocycles. The molecule has 0 atom stereocenters. The quantitative estimate of drug-likeness (QED) is 0.666. The van der Waals surface area contributed by atoms with Gasteiger partial charge in [0.25, 0.3) is 0 Å². The standard InChI is InChI=1S/C16H23N5/c1-12-5-6-14(13(2)9-12)10-18-16(17-3)19-11-15-7-8-20-21(15)4/h5-9H,10-11H2,1-4H3,(H2,17,18,19). The van der Waals surface area contributed by atoms with Crippen LogP contribution in [0.15, 0.2) is 35.5 Å². The Morgan fingerprint density at radius 1 is 1.19 bits per heavy atom. The zero-order chi connectivity index (χ0) is 15.2. The molecule has 0 aliphatic carbocycles. The van der Waals surface area contributed by atoms with Crippen LogP contribution in [0.1, 0.15) is 22.4 Å². The van der Waals surface area contributed by atoms with Gasteiger partial charge in [-0.15, -0.1) is 0 Å². The molecule has 2 rings (SSSR count). The molecule has 0 aliphatic rings. The first-order chi connectivity index (χ1) is 10.1. The summed E-state index contributed by atoms with van der Waals surface area (Å²) >= 11 is 0. The first kappa shape index (κ1) is 15.1. The summed E-state index contributed by atoms with van der Waals surface area (Å²) in [6, 6.07) is 8.48. The van der Waals surface area contributed by atoms with Gasteiger partial charge < -0.3 is 10.6 Å². The summed E-state index contributed by atoms with van der Waals surface area (Å²) in [7, 11) is 3.71. The van der Waals surface area contributed by atoms with E-state index in [0.29, 0.717) is 6.54 Å². The fraction of sp³-hybridized carbons (Fsp3) is 0.375. The number of aryl methyl sites for hydroxylation is 3. The third kappa shape index (κ3) is 4.08. The lowest BCUT2D eigenvalue weighted by Crippen LogP contribution is -2.36. The van der Waals surface area contributed by atoms with E-state index in [1.807, 2.05) is 17.8 Å². The predicted molar refractivity (Wildman–Crippen MR) is 86.2 cm³/mol. The van der Waals surface area contributed by atoms with Gasteiger partial charge in [-0.05, 0) is 31.0 Å². The lowest BCUT2D eigenvalue weighted by atomic mass is 10.1. The molecule has 2 N–H and O–H groups in total. The molecule has 0 radical (unpaired) electrons. The molecule has 5 heteroatoms. The van der Waals surface area contributed by atoms with E-state index in [1.54, 1.807) is 13.2 Å². The number of benzene rings is 1. The fourth-order valence-electron chi connectivity index (χ4n) is 2.19. The Bertz CT molecular complexity index is 627. The molecule has 0 aliphatic heterocycles. The van der Waals surface area contributed by atoms with Gasteiger partial charge >= 0.3 is 0 Å². The number of hydrogen-bond acceptors (Lipinski definition) is 2. The van der Waals surface area contributed by atoms with E-state index in [1.165, 1.54) is 16.7 Å². The summed E-state index contributed by atoms with van der Waals surface area (Å²) < 4.78 is 1.85. The van der Waals surface area contributed by atoms with Crippen LogP contribution >= 0.6 is 0 Å². The summed E-state index contributed by atoms with van der Waals surface area (Å²) in [6.07, 6.45) is 1.79. The molecule has 21 heavy (non-hydrogen) atoms. The first-order valence-corrected chi connectivity index (χ1v) is 7.07. The van der Waals surface area contributed by atoms with Crippen molar-refractivity contribution in [1.82, 2.24) is 20.4 Å². The number of aromatic nitrogens is 2. The topological polar surface area (TPSA) is 54.2 Å². The molecule has 5 nitrogen and oxygen atoms in total. The summed E-state index contributed by atoms with van der Waals surface area (Å²) in [5.41, 5.74) is 4.98. The van der Waals surface area contributed by atoms with Crippen molar-refractivity contribution in [3.05, 3.63) is 52.8 Å². The van der Waals surface area contributed by atoms with Crippen LogP contribution in [0.2, 0.25) is 0 Å². The van der Waals surface area contributed by atoms with Gasteiger partial charge in [-0.3, -0.25) is 9.67 Å². The average Bonchev–Trinajstić information content (AvgIpc) is 2.86. The van der Waals surface area contributed by atoms with E-state index in [9.17, 15) is 0 Å². The van der Waals surface area contributed by atoms with Gasteiger partial charge in [0.2, 0.25) is 0 Å². The predicted octanol–water partition coefficient (Wildman–Crippen LogP) is 1.90. The summed E-state index contributed by atoms with van der Waals surface area (Å²) in [5.74, 6) is 0.788. The van der Waals surface area contributed by atoms with Crippen LogP contribution in [0.4, 0.5) is 0 Å². The van der Waals surface area contributed by atoms with Gasteiger partial charge in [0, 0.05) is 26.8 Å². The lowest BCUT2D eigenvalue weighted by molar-refractivity contribution is 0.684. The lowest BCUT2D eigenvalue weighted by Gasteiger charge is -2.13. The number of nitrogens with zero attached hydrogens (tertiary/aromatic N) is 3. The Morgan fingerprint density at radius 2 is 1.95 bits per heavy atom. The monoisotopic (exact) mass is 285 g/mol. The van der Waals surface area contributed by atoms with Gasteiger partial charge in [0.15, 0.2) is 5.96 Å². The average molecular weight is 285 g/mol. The van der Waals surface area contributed by atoms with E-state index < -0.39 is 0 Å². The molecular weight excluding hydrogens is 262 g/mol. The SMILES string of the molecule is CN=C(NCc1ccc(C)cc1C)NCc1ccnn1C. The van der Waals surface area contributed by atoms with E-state index >= 15 is 0 Å². The maximum absolute atomic E-state index is 4.24. The van der Waals surface area contributed by atoms with Crippen molar-refractivity contribution >= 4 is 5.96 Å². The van der Waals surface area contributed by atoms with Crippen molar-refractivity contribution in [3.8, 4) is 0 Å². The van der Waals surface area contributed by atoms with Crippen molar-refractivity contribution in [1.29, 1.82) is 0 Å². The third-order valence-electron chi connectivity index (χ3n) is 3.53. The van der Waals surface area contributed by atoms with Crippen LogP contribution in [0.3, 0.4) is 0 Å². The van der Waals surface area contributed by atoms with Gasteiger partial charge in [-0.2, -0.15) is 5.10 Å². The van der Waals surface area contributed by atoms with E-state index in [4.69, 9.17) is 0 Å². The fourth-order valence-corrected chi connectivity index (χ4v) is 2.19. The Hall–Kier alpha value is -2.30. The Morgan fingerprint density at radius 3 is 2.57 bits per heavy atom. The Kier molecular flexibility index (Phi) is 4.98. The maximum Gasteiger partial charge on any atom is 0.191 e. The second kappa shape index (κ2) is 6.92. The summed E-state index contributed by atoms with van der Waals surface area (Å²) in [6.45, 7) is 5.70. The van der Waals surface area contributed by atoms with E-state index in [0.717, 1.165) is 18.2 Å². The smallest absolute Gasteiger partial charge is 0.191 e. The van der Waals surface area contributed by atoms with Crippen molar-refractivity contribution in [2.45, 2.75) is 26.9 Å². The second-order valence-corrected chi connectivity index (χ2v) is 5.16. The molecule has 0 bridgehead atoms. The highest BCUT2D eigenvalue weighted by molar-refractivity contribution is 5.79. The molecular formula is C16H23N5. The number of hydrogen-bond donors (Lipinski definition) is 2. The van der Waals surface area contributed by atoms with Crippen LogP contribution < -0.4 is 10.6 Å². The molecule has 0 unspecified atom stereocenters. The van der Waals surface area contributed by atoms with Crippen molar-refractivity contribution in [3.63, 3.8) is 0 Å². The number of guanidine groups is 1. The maximum atomic E-state index is 4.24. The number of aliphatic imine (C=N–C) groups is 1. The van der Waals surface area contributed by atoms with Gasteiger partial charge in [0.05, 0.1) is 12.2 Å². The van der Waals surface area contributed by atoms with Crippen molar-refractivity contribution < 1.29 is 0 Å². The molecule has 2 aromatic rings. The van der Waals surface area contributed by atoms with Crippen LogP contribution in [0.5, 0.6) is 0 Å². The number of nitrogens with one attached hydrogen (secondary N) is 2. The summed E-state index contributed by atoms with van der Waals surface area (Å²) in [5, 5.41) is 10.8. The Balaban J connectivity index is 1.89. The second-order valence-electron chi connectivity index (χ2n) is 5.16. The minimum absolute atomic E-state index is 0.697. The normalized spacial score (nSPS) is 11.5. The highest BCUT2D eigenvalue weighted by Crippen LogP contribution is 2.09. The van der Waals surface area contributed by atoms with Crippen LogP contribution in [-0.4, -0.2) is 22.8 Å². The van der Waals surface area contributed by atoms with Crippen molar-refractivity contribution in [2.24, 2.45) is 12.0 Å². The molecule has 1 aromatic carbocycles. The van der Waals surface area contributed by atoms with Gasteiger partial charge in [0.1, 0.15) is 0 Å². The van der Waals surface area contributed by atoms with E-state index in [2.05, 4.69) is 52.8 Å². The zero-order valence-corrected chi connectivity index (χ0v) is 13.1. The highest BCUT2D eigenvalue weighted by Gasteiger charge is 2.03. The number of rotatable bonds is 4. The van der Waals surface area contributed by atoms with Gasteiger partial charge in [-0.1, -0.05) is 23.8 Å². The summed E-state index contributed by atoms with van der Waals surface area (Å²) in [4.78, 5) is 4.24. The molecule has 0 spiro atoms. The Labute approximate surface area is 126 Å². The third-order valence-corrected chi connectivity index (χ3v) is 3.53.